The molecule has 21 heavy (non-hydrogen) atoms. The molecule has 0 amide bonds. The first-order chi connectivity index (χ1) is 10.4. The lowest BCUT2D eigenvalue weighted by molar-refractivity contribution is 0.555. The van der Waals surface area contributed by atoms with E-state index in [-0.39, 0.29) is 0 Å². The highest BCUT2D eigenvalue weighted by atomic mass is 15.0. The van der Waals surface area contributed by atoms with Crippen molar-refractivity contribution in [3.05, 3.63) is 35.3 Å². The van der Waals surface area contributed by atoms with E-state index in [2.05, 4.69) is 22.7 Å². The first-order valence-electron chi connectivity index (χ1n) is 8.57. The summed E-state index contributed by atoms with van der Waals surface area (Å²) < 4.78 is 2.29. The highest BCUT2D eigenvalue weighted by Crippen LogP contribution is 2.21. The summed E-state index contributed by atoms with van der Waals surface area (Å²) in [6.07, 6.45) is 15.3. The van der Waals surface area contributed by atoms with E-state index >= 15 is 0 Å². The molecular weight excluding hydrogens is 258 g/mol. The van der Waals surface area contributed by atoms with E-state index in [9.17, 15) is 0 Å². The molecular formula is C18H27N3. The number of rotatable bonds is 1. The number of aryl methyl sites for hydroxylation is 2. The van der Waals surface area contributed by atoms with Crippen molar-refractivity contribution in [3.63, 3.8) is 0 Å². The van der Waals surface area contributed by atoms with Gasteiger partial charge < -0.3 is 10.1 Å². The minimum absolute atomic E-state index is 0.591. The third-order valence-electron chi connectivity index (χ3n) is 4.69. The van der Waals surface area contributed by atoms with Gasteiger partial charge in [-0.2, -0.15) is 0 Å². The van der Waals surface area contributed by atoms with Gasteiger partial charge in [0.05, 0.1) is 5.69 Å². The second-order valence-corrected chi connectivity index (χ2v) is 6.30. The normalized spacial score (nSPS) is 18.0. The van der Waals surface area contributed by atoms with Crippen LogP contribution in [0.4, 0.5) is 0 Å². The molecule has 2 aromatic rings. The average molecular weight is 285 g/mol. The molecule has 1 aliphatic rings. The van der Waals surface area contributed by atoms with Crippen LogP contribution in [0.1, 0.15) is 68.3 Å². The molecule has 0 spiro atoms. The van der Waals surface area contributed by atoms with Gasteiger partial charge in [0.15, 0.2) is 0 Å². The molecule has 1 aliphatic carbocycles. The molecule has 2 heterocycles. The van der Waals surface area contributed by atoms with Gasteiger partial charge in [0.25, 0.3) is 0 Å². The summed E-state index contributed by atoms with van der Waals surface area (Å²) in [5.74, 6) is 0. The van der Waals surface area contributed by atoms with Crippen LogP contribution in [-0.2, 0) is 19.4 Å². The van der Waals surface area contributed by atoms with Crippen LogP contribution in [0, 0.1) is 0 Å². The molecule has 2 aromatic heterocycles. The van der Waals surface area contributed by atoms with Gasteiger partial charge in [-0.1, -0.05) is 38.5 Å². The Morgan fingerprint density at radius 1 is 0.952 bits per heavy atom. The quantitative estimate of drug-likeness (QED) is 0.860. The Kier molecular flexibility index (Phi) is 4.91. The summed E-state index contributed by atoms with van der Waals surface area (Å²) in [4.78, 5) is 4.90. The third-order valence-corrected chi connectivity index (χ3v) is 4.69. The number of fused-ring (bicyclic) bond motifs is 3. The fourth-order valence-corrected chi connectivity index (χ4v) is 3.42. The molecule has 3 rings (SSSR count). The van der Waals surface area contributed by atoms with Crippen LogP contribution in [0.15, 0.2) is 18.3 Å². The van der Waals surface area contributed by atoms with Gasteiger partial charge in [-0.25, -0.2) is 4.98 Å². The van der Waals surface area contributed by atoms with Crippen LogP contribution in [0.25, 0.3) is 5.65 Å². The molecule has 0 saturated carbocycles. The number of imidazole rings is 1. The predicted molar refractivity (Wildman–Crippen MR) is 87.4 cm³/mol. The Morgan fingerprint density at radius 2 is 1.62 bits per heavy atom. The van der Waals surface area contributed by atoms with Crippen molar-refractivity contribution in [2.24, 2.45) is 5.73 Å². The largest absolute Gasteiger partial charge is 0.326 e. The number of pyridine rings is 1. The highest BCUT2D eigenvalue weighted by Gasteiger charge is 2.12. The lowest BCUT2D eigenvalue weighted by Gasteiger charge is -2.08. The van der Waals surface area contributed by atoms with Crippen molar-refractivity contribution in [1.29, 1.82) is 0 Å². The average Bonchev–Trinajstić information content (AvgIpc) is 2.84. The molecule has 0 unspecified atom stereocenters. The molecule has 0 fully saturated rings. The van der Waals surface area contributed by atoms with Gasteiger partial charge in [-0.15, -0.1) is 0 Å². The molecule has 3 heteroatoms. The van der Waals surface area contributed by atoms with Crippen molar-refractivity contribution in [2.75, 3.05) is 0 Å². The van der Waals surface area contributed by atoms with Crippen molar-refractivity contribution >= 4 is 5.65 Å². The molecule has 0 bridgehead atoms. The molecule has 2 N–H and O–H groups in total. The highest BCUT2D eigenvalue weighted by molar-refractivity contribution is 5.46. The Balaban J connectivity index is 1.90. The Hall–Kier alpha value is -1.35. The van der Waals surface area contributed by atoms with Crippen LogP contribution in [-0.4, -0.2) is 9.38 Å². The summed E-state index contributed by atoms with van der Waals surface area (Å²) in [6, 6.07) is 4.27. The minimum Gasteiger partial charge on any atom is -0.326 e. The monoisotopic (exact) mass is 285 g/mol. The van der Waals surface area contributed by atoms with E-state index in [1.165, 1.54) is 74.7 Å². The summed E-state index contributed by atoms with van der Waals surface area (Å²) in [5, 5.41) is 0. The topological polar surface area (TPSA) is 43.3 Å². The second-order valence-electron chi connectivity index (χ2n) is 6.30. The summed E-state index contributed by atoms with van der Waals surface area (Å²) in [7, 11) is 0. The molecule has 0 aromatic carbocycles. The number of aromatic nitrogens is 2. The van der Waals surface area contributed by atoms with E-state index in [1.807, 2.05) is 0 Å². The molecule has 0 radical (unpaired) electrons. The first kappa shape index (κ1) is 14.6. The van der Waals surface area contributed by atoms with Gasteiger partial charge in [0.1, 0.15) is 5.65 Å². The zero-order chi connectivity index (χ0) is 14.5. The van der Waals surface area contributed by atoms with E-state index in [0.29, 0.717) is 6.54 Å². The van der Waals surface area contributed by atoms with Gasteiger partial charge in [0.2, 0.25) is 0 Å². The minimum atomic E-state index is 0.591. The maximum atomic E-state index is 5.75. The maximum Gasteiger partial charge on any atom is 0.137 e. The lowest BCUT2D eigenvalue weighted by atomic mass is 10.0. The second kappa shape index (κ2) is 7.08. The summed E-state index contributed by atoms with van der Waals surface area (Å²) in [6.45, 7) is 0.591. The van der Waals surface area contributed by atoms with Crippen molar-refractivity contribution in [2.45, 2.75) is 70.8 Å². The summed E-state index contributed by atoms with van der Waals surface area (Å²) >= 11 is 0. The SMILES string of the molecule is NCc1ccn2c3c(nc2c1)CCCCCCCCCC3. The third kappa shape index (κ3) is 3.46. The van der Waals surface area contributed by atoms with E-state index in [1.54, 1.807) is 0 Å². The van der Waals surface area contributed by atoms with Crippen LogP contribution in [0.3, 0.4) is 0 Å². The summed E-state index contributed by atoms with van der Waals surface area (Å²) in [5.41, 5.74) is 10.8. The molecule has 3 nitrogen and oxygen atoms in total. The smallest absolute Gasteiger partial charge is 0.137 e. The fraction of sp³-hybridized carbons (Fsp3) is 0.611. The van der Waals surface area contributed by atoms with E-state index in [4.69, 9.17) is 10.7 Å². The van der Waals surface area contributed by atoms with Crippen LogP contribution in [0.5, 0.6) is 0 Å². The number of hydrogen-bond acceptors (Lipinski definition) is 2. The molecule has 114 valence electrons. The van der Waals surface area contributed by atoms with Crippen LogP contribution < -0.4 is 5.73 Å². The zero-order valence-electron chi connectivity index (χ0n) is 13.0. The fourth-order valence-electron chi connectivity index (χ4n) is 3.42. The number of hydrogen-bond donors (Lipinski definition) is 1. The Labute approximate surface area is 127 Å². The van der Waals surface area contributed by atoms with Gasteiger partial charge in [-0.05, 0) is 43.4 Å². The van der Waals surface area contributed by atoms with Crippen molar-refractivity contribution < 1.29 is 0 Å². The van der Waals surface area contributed by atoms with Gasteiger partial charge >= 0.3 is 0 Å². The molecule has 0 saturated heterocycles. The van der Waals surface area contributed by atoms with Gasteiger partial charge in [-0.3, -0.25) is 0 Å². The predicted octanol–water partition coefficient (Wildman–Crippen LogP) is 4.01. The van der Waals surface area contributed by atoms with Gasteiger partial charge in [0, 0.05) is 18.4 Å². The molecule has 0 aliphatic heterocycles. The number of nitrogens with zero attached hydrogens (tertiary/aromatic N) is 2. The Morgan fingerprint density at radius 3 is 2.33 bits per heavy atom. The lowest BCUT2D eigenvalue weighted by Crippen LogP contribution is -2.00. The number of nitrogens with two attached hydrogens (primary N) is 1. The Bertz CT molecular complexity index is 585. The standard InChI is InChI=1S/C18H27N3/c19-14-15-11-12-21-17-10-8-6-4-2-1-3-5-7-9-16(17)20-18(21)13-15/h11-13H,1-10,14,19H2. The van der Waals surface area contributed by atoms with E-state index < -0.39 is 0 Å². The molecule has 0 atom stereocenters. The van der Waals surface area contributed by atoms with Crippen molar-refractivity contribution in [3.8, 4) is 0 Å². The van der Waals surface area contributed by atoms with Crippen molar-refractivity contribution in [1.82, 2.24) is 9.38 Å². The van der Waals surface area contributed by atoms with Crippen LogP contribution >= 0.6 is 0 Å². The zero-order valence-corrected chi connectivity index (χ0v) is 13.0. The first-order valence-corrected chi connectivity index (χ1v) is 8.57. The maximum absolute atomic E-state index is 5.75. The van der Waals surface area contributed by atoms with Crippen LogP contribution in [0.2, 0.25) is 0 Å². The van der Waals surface area contributed by atoms with E-state index in [0.717, 1.165) is 12.1 Å².